The van der Waals surface area contributed by atoms with Crippen LogP contribution in [0.2, 0.25) is 0 Å². The molecule has 0 aliphatic heterocycles. The van der Waals surface area contributed by atoms with E-state index in [4.69, 9.17) is 21.3 Å². The minimum atomic E-state index is -4.92. The van der Waals surface area contributed by atoms with Crippen LogP contribution < -0.4 is 11.5 Å². The zero-order chi connectivity index (χ0) is 30.5. The number of carbonyl (C=O) groups is 1. The summed E-state index contributed by atoms with van der Waals surface area (Å²) in [6.45, 7) is 0.219. The van der Waals surface area contributed by atoms with Crippen LogP contribution in [0.3, 0.4) is 0 Å². The molecule has 41 heavy (non-hydrogen) atoms. The standard InChI is InChI=1S/C24H26N6O9S2/c1-13-9-17(14(12-32)10-19(13)40(34,35)8-7-31)28-30-23-21(25)18(11-20(22(23)26)41(36,37)38)29-27-16-6-4-3-5-15(16)24(33)39-2/h3-6,9-11,31-32H,7-8,12,25-26H2,1-2H3,(H,36,37,38). The fraction of sp³-hybridized carbons (Fsp3) is 0.208. The van der Waals surface area contributed by atoms with Crippen molar-refractivity contribution in [2.45, 2.75) is 23.3 Å². The van der Waals surface area contributed by atoms with Gasteiger partial charge in [0.15, 0.2) is 9.84 Å². The molecule has 0 fully saturated rings. The van der Waals surface area contributed by atoms with Gasteiger partial charge in [0, 0.05) is 5.56 Å². The van der Waals surface area contributed by atoms with E-state index in [1.54, 1.807) is 12.1 Å². The van der Waals surface area contributed by atoms with Crippen LogP contribution in [0, 0.1) is 6.92 Å². The van der Waals surface area contributed by atoms with Gasteiger partial charge in [0.05, 0.1) is 53.6 Å². The molecule has 0 saturated carbocycles. The highest BCUT2D eigenvalue weighted by Gasteiger charge is 2.23. The number of esters is 1. The molecule has 7 N–H and O–H groups in total. The van der Waals surface area contributed by atoms with Crippen LogP contribution in [0.25, 0.3) is 0 Å². The van der Waals surface area contributed by atoms with Crippen LogP contribution in [0.5, 0.6) is 0 Å². The molecule has 218 valence electrons. The molecule has 0 aliphatic carbocycles. The Hall–Kier alpha value is -4.29. The van der Waals surface area contributed by atoms with Gasteiger partial charge in [-0.1, -0.05) is 12.1 Å². The van der Waals surface area contributed by atoms with E-state index in [0.717, 1.165) is 6.07 Å². The third-order valence-corrected chi connectivity index (χ3v) is 8.40. The molecule has 3 rings (SSSR count). The molecule has 0 atom stereocenters. The van der Waals surface area contributed by atoms with Crippen molar-refractivity contribution in [3.63, 3.8) is 0 Å². The molecule has 0 saturated heterocycles. The minimum absolute atomic E-state index is 0.000751. The molecule has 0 aromatic heterocycles. The maximum Gasteiger partial charge on any atom is 0.340 e. The molecule has 0 unspecified atom stereocenters. The third-order valence-electron chi connectivity index (χ3n) is 5.67. The normalized spacial score (nSPS) is 12.3. The van der Waals surface area contributed by atoms with Crippen LogP contribution in [-0.4, -0.2) is 57.0 Å². The zero-order valence-corrected chi connectivity index (χ0v) is 23.3. The lowest BCUT2D eigenvalue weighted by atomic mass is 10.1. The van der Waals surface area contributed by atoms with Crippen LogP contribution >= 0.6 is 0 Å². The topological polar surface area (TPSA) is 257 Å². The van der Waals surface area contributed by atoms with Gasteiger partial charge in [-0.15, -0.1) is 15.3 Å². The van der Waals surface area contributed by atoms with E-state index >= 15 is 0 Å². The first-order valence-corrected chi connectivity index (χ1v) is 14.6. The van der Waals surface area contributed by atoms with E-state index in [-0.39, 0.29) is 44.3 Å². The number of aliphatic hydroxyl groups excluding tert-OH is 2. The second kappa shape index (κ2) is 12.5. The van der Waals surface area contributed by atoms with Gasteiger partial charge in [-0.25, -0.2) is 13.2 Å². The maximum absolute atomic E-state index is 12.5. The highest BCUT2D eigenvalue weighted by molar-refractivity contribution is 7.91. The molecular weight excluding hydrogens is 580 g/mol. The van der Waals surface area contributed by atoms with E-state index in [9.17, 15) is 31.3 Å². The molecule has 0 aliphatic rings. The van der Waals surface area contributed by atoms with Crippen LogP contribution in [0.1, 0.15) is 21.5 Å². The van der Waals surface area contributed by atoms with E-state index in [1.807, 2.05) is 0 Å². The molecular formula is C24H26N6O9S2. The smallest absolute Gasteiger partial charge is 0.340 e. The van der Waals surface area contributed by atoms with Crippen molar-refractivity contribution in [1.82, 2.24) is 0 Å². The lowest BCUT2D eigenvalue weighted by Gasteiger charge is -2.12. The Bertz CT molecular complexity index is 1770. The number of nitrogen functional groups attached to an aromatic ring is 2. The lowest BCUT2D eigenvalue weighted by molar-refractivity contribution is 0.0601. The molecule has 0 radical (unpaired) electrons. The quantitative estimate of drug-likeness (QED) is 0.0967. The maximum atomic E-state index is 12.5. The van der Waals surface area contributed by atoms with Crippen LogP contribution in [0.15, 0.2) is 72.7 Å². The summed E-state index contributed by atoms with van der Waals surface area (Å²) in [6, 6.07) is 9.34. The monoisotopic (exact) mass is 606 g/mol. The van der Waals surface area contributed by atoms with Gasteiger partial charge in [-0.2, -0.15) is 13.5 Å². The van der Waals surface area contributed by atoms with Crippen molar-refractivity contribution in [3.8, 4) is 0 Å². The summed E-state index contributed by atoms with van der Waals surface area (Å²) in [5.74, 6) is -1.24. The van der Waals surface area contributed by atoms with Gasteiger partial charge in [-0.05, 0) is 42.8 Å². The number of methoxy groups -OCH3 is 1. The number of ether oxygens (including phenoxy) is 1. The van der Waals surface area contributed by atoms with Crippen molar-refractivity contribution < 1.29 is 41.1 Å². The Morgan fingerprint density at radius 1 is 0.878 bits per heavy atom. The number of nitrogens with two attached hydrogens (primary N) is 2. The van der Waals surface area contributed by atoms with Crippen molar-refractivity contribution in [2.75, 3.05) is 30.9 Å². The molecule has 0 bridgehead atoms. The molecule has 0 heterocycles. The van der Waals surface area contributed by atoms with E-state index in [1.165, 1.54) is 38.3 Å². The van der Waals surface area contributed by atoms with Crippen LogP contribution in [-0.2, 0) is 31.3 Å². The van der Waals surface area contributed by atoms with Crippen molar-refractivity contribution in [3.05, 3.63) is 59.2 Å². The number of rotatable bonds is 10. The molecule has 0 spiro atoms. The first-order valence-electron chi connectivity index (χ1n) is 11.5. The average molecular weight is 607 g/mol. The minimum Gasteiger partial charge on any atom is -0.465 e. The summed E-state index contributed by atoms with van der Waals surface area (Å²) in [5.41, 5.74) is 10.9. The van der Waals surface area contributed by atoms with Gasteiger partial charge in [0.2, 0.25) is 0 Å². The molecule has 0 amide bonds. The predicted octanol–water partition coefficient (Wildman–Crippen LogP) is 3.28. The number of aryl methyl sites for hydroxylation is 1. The first kappa shape index (κ1) is 31.2. The number of aliphatic hydroxyl groups is 2. The Labute approximate surface area is 234 Å². The highest BCUT2D eigenvalue weighted by atomic mass is 32.2. The second-order valence-corrected chi connectivity index (χ2v) is 11.9. The van der Waals surface area contributed by atoms with E-state index < -0.39 is 61.2 Å². The Kier molecular flexibility index (Phi) is 9.51. The number of hydrogen-bond acceptors (Lipinski definition) is 14. The summed E-state index contributed by atoms with van der Waals surface area (Å²) in [6.07, 6.45) is 0. The largest absolute Gasteiger partial charge is 0.465 e. The van der Waals surface area contributed by atoms with Crippen molar-refractivity contribution in [1.29, 1.82) is 0 Å². The Morgan fingerprint density at radius 2 is 1.51 bits per heavy atom. The SMILES string of the molecule is COC(=O)c1ccccc1N=Nc1cc(S(=O)(=O)O)c(N)c(N=Nc2cc(C)c(S(=O)(=O)CCO)cc2CO)c1N. The highest BCUT2D eigenvalue weighted by Crippen LogP contribution is 2.43. The number of sulfone groups is 1. The Morgan fingerprint density at radius 3 is 2.12 bits per heavy atom. The molecule has 3 aromatic carbocycles. The number of nitrogens with zero attached hydrogens (tertiary/aromatic N) is 4. The third kappa shape index (κ3) is 6.90. The number of anilines is 2. The summed E-state index contributed by atoms with van der Waals surface area (Å²) >= 11 is 0. The number of carbonyl (C=O) groups excluding carboxylic acids is 1. The fourth-order valence-corrected chi connectivity index (χ4v) is 5.59. The molecule has 17 heteroatoms. The number of benzene rings is 3. The van der Waals surface area contributed by atoms with Gasteiger partial charge >= 0.3 is 5.97 Å². The molecule has 15 nitrogen and oxygen atoms in total. The molecule has 3 aromatic rings. The van der Waals surface area contributed by atoms with Gasteiger partial charge < -0.3 is 26.4 Å². The zero-order valence-electron chi connectivity index (χ0n) is 21.7. The summed E-state index contributed by atoms with van der Waals surface area (Å²) in [5, 5.41) is 34.7. The fourth-order valence-electron chi connectivity index (χ4n) is 3.62. The second-order valence-electron chi connectivity index (χ2n) is 8.40. The summed E-state index contributed by atoms with van der Waals surface area (Å²) in [7, 11) is -7.60. The van der Waals surface area contributed by atoms with Gasteiger partial charge in [0.1, 0.15) is 22.0 Å². The van der Waals surface area contributed by atoms with E-state index in [2.05, 4.69) is 20.5 Å². The number of azo groups is 2. The lowest BCUT2D eigenvalue weighted by Crippen LogP contribution is -2.12. The average Bonchev–Trinajstić information content (AvgIpc) is 2.91. The van der Waals surface area contributed by atoms with Crippen LogP contribution in [0.4, 0.5) is 34.1 Å². The van der Waals surface area contributed by atoms with E-state index in [0.29, 0.717) is 0 Å². The van der Waals surface area contributed by atoms with Crippen molar-refractivity contribution >= 4 is 60.0 Å². The van der Waals surface area contributed by atoms with Gasteiger partial charge in [0.25, 0.3) is 10.1 Å². The number of hydrogen-bond donors (Lipinski definition) is 5. The summed E-state index contributed by atoms with van der Waals surface area (Å²) < 4.78 is 63.5. The summed E-state index contributed by atoms with van der Waals surface area (Å²) in [4.78, 5) is 11.1. The first-order chi connectivity index (χ1) is 19.2. The van der Waals surface area contributed by atoms with Gasteiger partial charge in [-0.3, -0.25) is 4.55 Å². The van der Waals surface area contributed by atoms with Crippen molar-refractivity contribution in [2.24, 2.45) is 20.5 Å². The predicted molar refractivity (Wildman–Crippen MR) is 147 cm³/mol. The Balaban J connectivity index is 2.18.